The number of carbonyl (C=O) groups is 2. The standard InChI is InChI=1S/C23H29BrN2O2/c1-3-5-14-25-23(28)21(16-18-10-7-6-8-11-18)26(22(27)4-2)17-19-12-9-13-20(24)15-19/h6-13,15,21H,3-5,14,16-17H2,1-2H3,(H,25,28)/t21-/m1/s1. The van der Waals surface area contributed by atoms with Crippen LogP contribution in [0.4, 0.5) is 0 Å². The molecule has 0 bridgehead atoms. The SMILES string of the molecule is CCCCNC(=O)[C@@H](Cc1ccccc1)N(Cc1cccc(Br)c1)C(=O)CC. The molecular formula is C23H29BrN2O2. The van der Waals surface area contributed by atoms with E-state index in [0.717, 1.165) is 28.4 Å². The van der Waals surface area contributed by atoms with Crippen molar-refractivity contribution >= 4 is 27.7 Å². The molecule has 0 aliphatic rings. The number of benzene rings is 2. The number of unbranched alkanes of at least 4 members (excludes halogenated alkanes) is 1. The van der Waals surface area contributed by atoms with E-state index >= 15 is 0 Å². The monoisotopic (exact) mass is 444 g/mol. The highest BCUT2D eigenvalue weighted by Crippen LogP contribution is 2.18. The van der Waals surface area contributed by atoms with Gasteiger partial charge in [-0.3, -0.25) is 9.59 Å². The zero-order valence-electron chi connectivity index (χ0n) is 16.7. The summed E-state index contributed by atoms with van der Waals surface area (Å²) in [7, 11) is 0. The third-order valence-electron chi connectivity index (χ3n) is 4.65. The van der Waals surface area contributed by atoms with Gasteiger partial charge in [-0.25, -0.2) is 0 Å². The maximum Gasteiger partial charge on any atom is 0.243 e. The first-order valence-electron chi connectivity index (χ1n) is 9.90. The van der Waals surface area contributed by atoms with Crippen LogP contribution in [0.3, 0.4) is 0 Å². The Morgan fingerprint density at radius 3 is 2.39 bits per heavy atom. The van der Waals surface area contributed by atoms with Crippen LogP contribution in [0.5, 0.6) is 0 Å². The normalized spacial score (nSPS) is 11.7. The van der Waals surface area contributed by atoms with Gasteiger partial charge in [-0.2, -0.15) is 0 Å². The molecule has 0 spiro atoms. The minimum atomic E-state index is -0.536. The van der Waals surface area contributed by atoms with Crippen LogP contribution in [0.1, 0.15) is 44.2 Å². The van der Waals surface area contributed by atoms with Gasteiger partial charge in [-0.15, -0.1) is 0 Å². The van der Waals surface area contributed by atoms with Crippen molar-refractivity contribution in [1.82, 2.24) is 10.2 Å². The molecule has 0 saturated carbocycles. The molecule has 0 saturated heterocycles. The molecule has 0 aliphatic carbocycles. The van der Waals surface area contributed by atoms with Gasteiger partial charge in [0.2, 0.25) is 11.8 Å². The number of nitrogens with one attached hydrogen (secondary N) is 1. The summed E-state index contributed by atoms with van der Waals surface area (Å²) in [6.45, 7) is 4.97. The first-order valence-corrected chi connectivity index (χ1v) is 10.7. The predicted molar refractivity (Wildman–Crippen MR) is 117 cm³/mol. The van der Waals surface area contributed by atoms with Crippen LogP contribution >= 0.6 is 15.9 Å². The lowest BCUT2D eigenvalue weighted by atomic mass is 10.0. The first kappa shape index (κ1) is 22.2. The molecule has 4 nitrogen and oxygen atoms in total. The van der Waals surface area contributed by atoms with Gasteiger partial charge >= 0.3 is 0 Å². The van der Waals surface area contributed by atoms with Crippen molar-refractivity contribution in [2.45, 2.75) is 52.1 Å². The van der Waals surface area contributed by atoms with E-state index < -0.39 is 6.04 Å². The second-order valence-electron chi connectivity index (χ2n) is 6.86. The van der Waals surface area contributed by atoms with Crippen molar-refractivity contribution in [3.63, 3.8) is 0 Å². The van der Waals surface area contributed by atoms with Crippen molar-refractivity contribution in [1.29, 1.82) is 0 Å². The third-order valence-corrected chi connectivity index (χ3v) is 5.14. The molecule has 2 rings (SSSR count). The highest BCUT2D eigenvalue weighted by molar-refractivity contribution is 9.10. The summed E-state index contributed by atoms with van der Waals surface area (Å²) in [6, 6.07) is 17.2. The Bertz CT molecular complexity index is 764. The van der Waals surface area contributed by atoms with Gasteiger partial charge < -0.3 is 10.2 Å². The molecule has 0 heterocycles. The fraction of sp³-hybridized carbons (Fsp3) is 0.391. The number of hydrogen-bond donors (Lipinski definition) is 1. The maximum atomic E-state index is 13.0. The van der Waals surface area contributed by atoms with Gasteiger partial charge in [0.15, 0.2) is 0 Å². The van der Waals surface area contributed by atoms with Gasteiger partial charge in [-0.05, 0) is 29.7 Å². The van der Waals surface area contributed by atoms with E-state index in [-0.39, 0.29) is 11.8 Å². The van der Waals surface area contributed by atoms with Crippen LogP contribution in [-0.4, -0.2) is 29.3 Å². The Morgan fingerprint density at radius 1 is 1.04 bits per heavy atom. The van der Waals surface area contributed by atoms with Crippen molar-refractivity contribution in [2.24, 2.45) is 0 Å². The molecule has 2 amide bonds. The molecule has 150 valence electrons. The van der Waals surface area contributed by atoms with Crippen molar-refractivity contribution in [2.75, 3.05) is 6.54 Å². The Hall–Kier alpha value is -2.14. The second-order valence-corrected chi connectivity index (χ2v) is 7.77. The van der Waals surface area contributed by atoms with Crippen molar-refractivity contribution in [3.05, 3.63) is 70.2 Å². The summed E-state index contributed by atoms with van der Waals surface area (Å²) in [5.74, 6) is -0.111. The summed E-state index contributed by atoms with van der Waals surface area (Å²) < 4.78 is 0.959. The molecule has 2 aromatic carbocycles. The predicted octanol–water partition coefficient (Wildman–Crippen LogP) is 4.72. The van der Waals surface area contributed by atoms with Crippen LogP contribution in [0.2, 0.25) is 0 Å². The molecule has 0 radical (unpaired) electrons. The molecule has 2 aromatic rings. The zero-order chi connectivity index (χ0) is 20.4. The van der Waals surface area contributed by atoms with Crippen LogP contribution in [0.15, 0.2) is 59.1 Å². The van der Waals surface area contributed by atoms with E-state index in [1.807, 2.05) is 61.5 Å². The third kappa shape index (κ3) is 6.79. The van der Waals surface area contributed by atoms with E-state index in [9.17, 15) is 9.59 Å². The maximum absolute atomic E-state index is 13.0. The number of nitrogens with zero attached hydrogens (tertiary/aromatic N) is 1. The van der Waals surface area contributed by atoms with Gasteiger partial charge in [-0.1, -0.05) is 78.7 Å². The molecule has 0 aromatic heterocycles. The van der Waals surface area contributed by atoms with Crippen LogP contribution in [0.25, 0.3) is 0 Å². The van der Waals surface area contributed by atoms with Crippen LogP contribution in [0, 0.1) is 0 Å². The first-order chi connectivity index (χ1) is 13.5. The highest BCUT2D eigenvalue weighted by Gasteiger charge is 2.29. The van der Waals surface area contributed by atoms with E-state index in [1.165, 1.54) is 0 Å². The van der Waals surface area contributed by atoms with Crippen molar-refractivity contribution in [3.8, 4) is 0 Å². The van der Waals surface area contributed by atoms with E-state index in [1.54, 1.807) is 4.90 Å². The van der Waals surface area contributed by atoms with Crippen LogP contribution in [-0.2, 0) is 22.6 Å². The molecule has 1 atom stereocenters. The lowest BCUT2D eigenvalue weighted by Crippen LogP contribution is -2.50. The lowest BCUT2D eigenvalue weighted by Gasteiger charge is -2.31. The fourth-order valence-electron chi connectivity index (χ4n) is 3.10. The molecule has 0 unspecified atom stereocenters. The summed E-state index contributed by atoms with van der Waals surface area (Å²) in [5.41, 5.74) is 2.04. The summed E-state index contributed by atoms with van der Waals surface area (Å²) in [5, 5.41) is 3.02. The number of carbonyl (C=O) groups excluding carboxylic acids is 2. The molecule has 1 N–H and O–H groups in total. The Kier molecular flexibility index (Phi) is 9.21. The number of amides is 2. The summed E-state index contributed by atoms with van der Waals surface area (Å²) in [6.07, 6.45) is 2.80. The van der Waals surface area contributed by atoms with E-state index in [4.69, 9.17) is 0 Å². The number of hydrogen-bond acceptors (Lipinski definition) is 2. The van der Waals surface area contributed by atoms with E-state index in [2.05, 4.69) is 28.2 Å². The van der Waals surface area contributed by atoms with Crippen molar-refractivity contribution < 1.29 is 9.59 Å². The molecule has 5 heteroatoms. The summed E-state index contributed by atoms with van der Waals surface area (Å²) >= 11 is 3.49. The minimum absolute atomic E-state index is 0.0217. The minimum Gasteiger partial charge on any atom is -0.354 e. The largest absolute Gasteiger partial charge is 0.354 e. The number of halogens is 1. The lowest BCUT2D eigenvalue weighted by molar-refractivity contribution is -0.141. The van der Waals surface area contributed by atoms with Gasteiger partial charge in [0.1, 0.15) is 6.04 Å². The second kappa shape index (κ2) is 11.6. The van der Waals surface area contributed by atoms with E-state index in [0.29, 0.717) is 25.9 Å². The number of rotatable bonds is 10. The average molecular weight is 445 g/mol. The fourth-order valence-corrected chi connectivity index (χ4v) is 3.54. The Labute approximate surface area is 176 Å². The molecule has 0 aliphatic heterocycles. The molecule has 28 heavy (non-hydrogen) atoms. The molecule has 0 fully saturated rings. The topological polar surface area (TPSA) is 49.4 Å². The van der Waals surface area contributed by atoms with Crippen LogP contribution < -0.4 is 5.32 Å². The average Bonchev–Trinajstić information content (AvgIpc) is 2.71. The van der Waals surface area contributed by atoms with Gasteiger partial charge in [0, 0.05) is 30.4 Å². The smallest absolute Gasteiger partial charge is 0.243 e. The Balaban J connectivity index is 2.30. The molecular weight excluding hydrogens is 416 g/mol. The van der Waals surface area contributed by atoms with Gasteiger partial charge in [0.05, 0.1) is 0 Å². The highest BCUT2D eigenvalue weighted by atomic mass is 79.9. The zero-order valence-corrected chi connectivity index (χ0v) is 18.2. The van der Waals surface area contributed by atoms with Gasteiger partial charge in [0.25, 0.3) is 0 Å². The quantitative estimate of drug-likeness (QED) is 0.539. The summed E-state index contributed by atoms with van der Waals surface area (Å²) in [4.78, 5) is 27.5. The Morgan fingerprint density at radius 2 is 1.75 bits per heavy atom.